The lowest BCUT2D eigenvalue weighted by atomic mass is 11.2. The highest BCUT2D eigenvalue weighted by atomic mass is 16.2. The quantitative estimate of drug-likeness (QED) is 0.330. The zero-order valence-corrected chi connectivity index (χ0v) is 3.14. The summed E-state index contributed by atoms with van der Waals surface area (Å²) >= 11 is 0. The summed E-state index contributed by atoms with van der Waals surface area (Å²) in [6.45, 7) is 2.68. The normalized spacial score (nSPS) is 2.50. The predicted octanol–water partition coefficient (Wildman–Crippen LogP) is -0.0464. The Bertz CT molecular complexity index is 72.0. The Hall–Kier alpha value is -1.19. The van der Waals surface area contributed by atoms with E-state index in [1.165, 1.54) is 12.0 Å². The van der Waals surface area contributed by atoms with Crippen molar-refractivity contribution in [3.63, 3.8) is 0 Å². The van der Waals surface area contributed by atoms with Gasteiger partial charge in [-0.05, 0) is 6.58 Å². The number of carbonyl (C=O) groups excluding carboxylic acids is 1. The Morgan fingerprint density at radius 2 is 1.83 bits per heavy atom. The van der Waals surface area contributed by atoms with Crippen molar-refractivity contribution in [1.29, 1.82) is 0 Å². The maximum absolute atomic E-state index is 8.57. The molecule has 0 fully saturated rings. The van der Waals surface area contributed by atoms with Gasteiger partial charge >= 0.3 is 0 Å². The molecule has 0 bridgehead atoms. The number of rotatable bonds is 0. The topological polar surface area (TPSA) is 37.3 Å². The molecule has 0 aliphatic heterocycles. The highest BCUT2D eigenvalue weighted by Crippen LogP contribution is 1.06. The van der Waals surface area contributed by atoms with Crippen molar-refractivity contribution < 1.29 is 9.90 Å². The van der Waals surface area contributed by atoms with Crippen molar-refractivity contribution >= 4 is 5.94 Å². The molecule has 6 heavy (non-hydrogen) atoms. The molecule has 0 radical (unpaired) electrons. The summed E-state index contributed by atoms with van der Waals surface area (Å²) in [5, 5.41) is 7.10. The average molecular weight is 84.1 g/mol. The van der Waals surface area contributed by atoms with Gasteiger partial charge in [-0.3, -0.25) is 0 Å². The highest BCUT2D eigenvalue weighted by Gasteiger charge is 1.06. The van der Waals surface area contributed by atoms with Gasteiger partial charge in [0, 0.05) is 0 Å². The van der Waals surface area contributed by atoms with Crippen LogP contribution in [0, 0.1) is 12.5 Å². The second-order valence-electron chi connectivity index (χ2n) is 0.273. The van der Waals surface area contributed by atoms with E-state index >= 15 is 0 Å². The average Bonchev–Trinajstić information content (AvgIpc) is 1.39. The van der Waals surface area contributed by atoms with Crippen LogP contribution in [-0.4, -0.2) is 11.0 Å². The maximum atomic E-state index is 8.57. The van der Waals surface area contributed by atoms with Crippen LogP contribution in [0.1, 0.15) is 0 Å². The molecule has 2 nitrogen and oxygen atoms in total. The smallest absolute Gasteiger partial charge is 0.116 e. The molecule has 0 amide bonds. The van der Waals surface area contributed by atoms with Crippen molar-refractivity contribution in [3.8, 4) is 12.5 Å². The summed E-state index contributed by atoms with van der Waals surface area (Å²) in [5.41, 5.74) is 0. The molecule has 32 valence electrons. The van der Waals surface area contributed by atoms with Crippen LogP contribution < -0.4 is 0 Å². The van der Waals surface area contributed by atoms with Crippen LogP contribution in [-0.2, 0) is 4.79 Å². The largest absolute Gasteiger partial charge is 0.462 e. The molecule has 0 rings (SSSR count). The van der Waals surface area contributed by atoms with Gasteiger partial charge in [0.25, 0.3) is 0 Å². The molecule has 0 unspecified atom stereocenters. The molecule has 2 heteroatoms. The minimum atomic E-state index is 1.25. The van der Waals surface area contributed by atoms with E-state index in [0.29, 0.717) is 0 Å². The van der Waals surface area contributed by atoms with Crippen molar-refractivity contribution in [2.24, 2.45) is 0 Å². The summed E-state index contributed by atoms with van der Waals surface area (Å²) < 4.78 is 0. The zero-order chi connectivity index (χ0) is 5.41. The first kappa shape index (κ1) is 8.84. The van der Waals surface area contributed by atoms with Crippen molar-refractivity contribution in [1.82, 2.24) is 0 Å². The first-order valence-corrected chi connectivity index (χ1v) is 1.07. The molecule has 0 aromatic heterocycles. The first-order valence-electron chi connectivity index (χ1n) is 1.07. The maximum Gasteiger partial charge on any atom is 0.116 e. The molecule has 0 heterocycles. The van der Waals surface area contributed by atoms with E-state index in [4.69, 9.17) is 9.90 Å². The summed E-state index contributed by atoms with van der Waals surface area (Å²) in [4.78, 5) is 8.57. The van der Waals surface area contributed by atoms with Crippen molar-refractivity contribution in [2.45, 2.75) is 0 Å². The van der Waals surface area contributed by atoms with E-state index in [9.17, 15) is 0 Å². The standard InChI is InChI=1S/2C2H2O/c2*1-2-3/h1H2;1,3H. The molecule has 0 spiro atoms. The lowest BCUT2D eigenvalue weighted by Gasteiger charge is -1.32. The SMILES string of the molecule is C#CO.C=C=O. The second-order valence-corrected chi connectivity index (χ2v) is 0.273. The predicted molar refractivity (Wildman–Crippen MR) is 22.1 cm³/mol. The third-order valence-electron chi connectivity index (χ3n) is 0. The van der Waals surface area contributed by atoms with Crippen molar-refractivity contribution in [2.75, 3.05) is 0 Å². The molecule has 1 N–H and O–H groups in total. The molecule has 0 aliphatic rings. The molecule has 0 aromatic rings. The van der Waals surface area contributed by atoms with Crippen LogP contribution in [0.3, 0.4) is 0 Å². The minimum Gasteiger partial charge on any atom is -0.462 e. The number of aliphatic hydroxyl groups excluding tert-OH is 1. The van der Waals surface area contributed by atoms with Crippen LogP contribution in [0.4, 0.5) is 0 Å². The van der Waals surface area contributed by atoms with E-state index in [1.54, 1.807) is 0 Å². The third kappa shape index (κ3) is 6.50. The Labute approximate surface area is 36.1 Å². The molecule has 0 saturated heterocycles. The lowest BCUT2D eigenvalue weighted by Crippen LogP contribution is -1.27. The fourth-order valence-electron chi connectivity index (χ4n) is 0. The van der Waals surface area contributed by atoms with E-state index < -0.39 is 0 Å². The van der Waals surface area contributed by atoms with Gasteiger partial charge in [-0.1, -0.05) is 6.42 Å². The van der Waals surface area contributed by atoms with Crippen molar-refractivity contribution in [3.05, 3.63) is 6.58 Å². The second kappa shape index (κ2) is 45.9. The molecule has 0 saturated carbocycles. The monoisotopic (exact) mass is 84.0 g/mol. The molecule has 0 aromatic carbocycles. The summed E-state index contributed by atoms with van der Waals surface area (Å²) in [6, 6.07) is 0. The Balaban J connectivity index is 0. The van der Waals surface area contributed by atoms with E-state index in [1.807, 2.05) is 0 Å². The van der Waals surface area contributed by atoms with Crippen LogP contribution in [0.2, 0.25) is 0 Å². The van der Waals surface area contributed by atoms with Gasteiger partial charge in [0.2, 0.25) is 0 Å². The van der Waals surface area contributed by atoms with Gasteiger partial charge in [-0.25, -0.2) is 4.79 Å². The summed E-state index contributed by atoms with van der Waals surface area (Å²) in [7, 11) is 0. The molecular weight excluding hydrogens is 80.0 g/mol. The number of aliphatic hydroxyl groups is 1. The van der Waals surface area contributed by atoms with Gasteiger partial charge in [-0.2, -0.15) is 0 Å². The highest BCUT2D eigenvalue weighted by molar-refractivity contribution is 5.38. The molecular formula is C4H4O2. The van der Waals surface area contributed by atoms with Crippen LogP contribution in [0.15, 0.2) is 6.58 Å². The van der Waals surface area contributed by atoms with Gasteiger partial charge in [-0.15, -0.1) is 0 Å². The Morgan fingerprint density at radius 3 is 1.83 bits per heavy atom. The van der Waals surface area contributed by atoms with Gasteiger partial charge < -0.3 is 5.11 Å². The summed E-state index contributed by atoms with van der Waals surface area (Å²) in [5.74, 6) is 1.25. The van der Waals surface area contributed by atoms with Gasteiger partial charge in [0.15, 0.2) is 0 Å². The molecule has 0 atom stereocenters. The zero-order valence-electron chi connectivity index (χ0n) is 3.14. The lowest BCUT2D eigenvalue weighted by molar-refractivity contribution is 0.518. The number of hydrogen-bond donors (Lipinski definition) is 1. The van der Waals surface area contributed by atoms with Crippen LogP contribution >= 0.6 is 0 Å². The first-order chi connectivity index (χ1) is 2.83. The van der Waals surface area contributed by atoms with E-state index in [-0.39, 0.29) is 0 Å². The number of hydrogen-bond acceptors (Lipinski definition) is 2. The van der Waals surface area contributed by atoms with Crippen LogP contribution in [0.25, 0.3) is 0 Å². The Kier molecular flexibility index (Phi) is 67.6. The fraction of sp³-hybridized carbons (Fsp3) is 0. The Morgan fingerprint density at radius 1 is 1.83 bits per heavy atom. The van der Waals surface area contributed by atoms with E-state index in [2.05, 4.69) is 13.0 Å². The van der Waals surface area contributed by atoms with E-state index in [0.717, 1.165) is 0 Å². The molecule has 0 aliphatic carbocycles. The van der Waals surface area contributed by atoms with Crippen LogP contribution in [0.5, 0.6) is 0 Å². The third-order valence-corrected chi connectivity index (χ3v) is 0. The minimum absolute atomic E-state index is 1.25. The van der Waals surface area contributed by atoms with Gasteiger partial charge in [0.1, 0.15) is 12.0 Å². The summed E-state index contributed by atoms with van der Waals surface area (Å²) in [6.07, 6.45) is 5.40. The fourth-order valence-corrected chi connectivity index (χ4v) is 0. The number of terminal acetylenes is 1. The van der Waals surface area contributed by atoms with Gasteiger partial charge in [0.05, 0.1) is 0 Å².